The van der Waals surface area contributed by atoms with Gasteiger partial charge in [-0.05, 0) is 29.8 Å². The van der Waals surface area contributed by atoms with Crippen molar-refractivity contribution < 1.29 is 9.21 Å². The smallest absolute Gasteiger partial charge is 0.228 e. The lowest BCUT2D eigenvalue weighted by Crippen LogP contribution is -2.13. The largest absolute Gasteiger partial charge is 0.464 e. The van der Waals surface area contributed by atoms with Gasteiger partial charge in [0.05, 0.1) is 29.8 Å². The first-order valence-corrected chi connectivity index (χ1v) is 8.82. The number of benzene rings is 2. The van der Waals surface area contributed by atoms with E-state index in [9.17, 15) is 4.79 Å². The van der Waals surface area contributed by atoms with Crippen LogP contribution in [0.4, 0.5) is 5.69 Å². The summed E-state index contributed by atoms with van der Waals surface area (Å²) in [7, 11) is 0. The highest BCUT2D eigenvalue weighted by molar-refractivity contribution is 6.02. The molecule has 1 amide bonds. The molecule has 0 bridgehead atoms. The molecule has 3 heterocycles. The van der Waals surface area contributed by atoms with Gasteiger partial charge in [0.1, 0.15) is 5.76 Å². The van der Waals surface area contributed by atoms with Crippen molar-refractivity contribution in [2.24, 2.45) is 0 Å². The molecule has 1 aliphatic heterocycles. The first kappa shape index (κ1) is 15.6. The summed E-state index contributed by atoms with van der Waals surface area (Å²) < 4.78 is 5.68. The van der Waals surface area contributed by atoms with Gasteiger partial charge in [-0.15, -0.1) is 0 Å². The van der Waals surface area contributed by atoms with E-state index in [1.165, 1.54) is 0 Å². The van der Waals surface area contributed by atoms with Crippen molar-refractivity contribution in [3.05, 3.63) is 84.6 Å². The van der Waals surface area contributed by atoms with E-state index in [0.29, 0.717) is 0 Å². The second-order valence-electron chi connectivity index (χ2n) is 6.50. The van der Waals surface area contributed by atoms with E-state index in [4.69, 9.17) is 9.40 Å². The minimum atomic E-state index is -0.0525. The van der Waals surface area contributed by atoms with Crippen LogP contribution < -0.4 is 5.32 Å². The molecule has 5 rings (SSSR count). The molecule has 1 N–H and O–H groups in total. The lowest BCUT2D eigenvalue weighted by atomic mass is 9.95. The van der Waals surface area contributed by atoms with E-state index < -0.39 is 0 Å². The van der Waals surface area contributed by atoms with Crippen molar-refractivity contribution in [2.45, 2.75) is 6.42 Å². The summed E-state index contributed by atoms with van der Waals surface area (Å²) in [5.74, 6) is 0.682. The average molecular weight is 352 g/mol. The Balaban J connectivity index is 1.85. The van der Waals surface area contributed by atoms with E-state index in [1.807, 2.05) is 72.8 Å². The number of carbonyl (C=O) groups is 1. The summed E-state index contributed by atoms with van der Waals surface area (Å²) in [6, 6.07) is 23.6. The summed E-state index contributed by atoms with van der Waals surface area (Å²) in [5, 5.41) is 2.99. The van der Waals surface area contributed by atoms with Crippen LogP contribution in [0.1, 0.15) is 5.56 Å². The summed E-state index contributed by atoms with van der Waals surface area (Å²) in [4.78, 5) is 17.5. The number of nitrogens with one attached hydrogen (secondary N) is 1. The molecule has 0 atom stereocenters. The minimum Gasteiger partial charge on any atom is -0.464 e. The number of para-hydroxylation sites is 1. The summed E-state index contributed by atoms with van der Waals surface area (Å²) in [5.41, 5.74) is 6.17. The molecule has 0 fully saturated rings. The average Bonchev–Trinajstić information content (AvgIpc) is 3.19. The molecule has 2 aromatic heterocycles. The Bertz CT molecular complexity index is 1130. The van der Waals surface area contributed by atoms with Crippen LogP contribution in [0.5, 0.6) is 0 Å². The maximum absolute atomic E-state index is 12.5. The monoisotopic (exact) mass is 352 g/mol. The van der Waals surface area contributed by atoms with Crippen LogP contribution in [0.2, 0.25) is 0 Å². The van der Waals surface area contributed by atoms with Gasteiger partial charge in [-0.3, -0.25) is 4.79 Å². The zero-order chi connectivity index (χ0) is 18.2. The Morgan fingerprint density at radius 1 is 0.889 bits per heavy atom. The zero-order valence-electron chi connectivity index (χ0n) is 14.5. The Morgan fingerprint density at radius 3 is 2.52 bits per heavy atom. The van der Waals surface area contributed by atoms with Crippen molar-refractivity contribution in [3.63, 3.8) is 0 Å². The van der Waals surface area contributed by atoms with Gasteiger partial charge >= 0.3 is 0 Å². The predicted octanol–water partition coefficient (Wildman–Crippen LogP) is 5.17. The molecule has 0 spiro atoms. The van der Waals surface area contributed by atoms with Gasteiger partial charge in [-0.1, -0.05) is 48.5 Å². The van der Waals surface area contributed by atoms with Gasteiger partial charge in [0.15, 0.2) is 0 Å². The minimum absolute atomic E-state index is 0.0525. The molecule has 27 heavy (non-hydrogen) atoms. The Labute approximate surface area is 156 Å². The number of anilines is 1. The predicted molar refractivity (Wildman–Crippen MR) is 105 cm³/mol. The number of furan rings is 1. The maximum atomic E-state index is 12.5. The Morgan fingerprint density at radius 2 is 1.70 bits per heavy atom. The molecule has 0 saturated carbocycles. The van der Waals surface area contributed by atoms with Crippen molar-refractivity contribution in [1.82, 2.24) is 4.98 Å². The van der Waals surface area contributed by atoms with Crippen LogP contribution in [0.3, 0.4) is 0 Å². The maximum Gasteiger partial charge on any atom is 0.228 e. The molecule has 4 heteroatoms. The topological polar surface area (TPSA) is 55.1 Å². The zero-order valence-corrected chi connectivity index (χ0v) is 14.5. The summed E-state index contributed by atoms with van der Waals surface area (Å²) >= 11 is 0. The van der Waals surface area contributed by atoms with Gasteiger partial charge in [0.2, 0.25) is 5.91 Å². The molecule has 0 saturated heterocycles. The first-order valence-electron chi connectivity index (χ1n) is 8.82. The molecule has 2 aromatic carbocycles. The van der Waals surface area contributed by atoms with Crippen LogP contribution in [-0.2, 0) is 11.2 Å². The van der Waals surface area contributed by atoms with Crippen LogP contribution >= 0.6 is 0 Å². The lowest BCUT2D eigenvalue weighted by Gasteiger charge is -2.14. The standard InChI is InChI=1S/C23H16N2O2/c26-22-14-18-17(21-11-6-12-27-21)13-20(15-7-2-1-3-8-15)25-23(18)16-9-4-5-10-19(16)24-22/h1-13H,14H2,(H,24,26). The molecule has 4 aromatic rings. The molecule has 130 valence electrons. The molecule has 1 aliphatic rings. The van der Waals surface area contributed by atoms with Gasteiger partial charge in [0.25, 0.3) is 0 Å². The van der Waals surface area contributed by atoms with E-state index in [-0.39, 0.29) is 12.3 Å². The van der Waals surface area contributed by atoms with Crippen LogP contribution in [0, 0.1) is 0 Å². The van der Waals surface area contributed by atoms with Gasteiger partial charge < -0.3 is 9.73 Å². The number of pyridine rings is 1. The van der Waals surface area contributed by atoms with Crippen molar-refractivity contribution in [2.75, 3.05) is 5.32 Å². The van der Waals surface area contributed by atoms with Gasteiger partial charge in [0, 0.05) is 16.7 Å². The van der Waals surface area contributed by atoms with Gasteiger partial charge in [-0.25, -0.2) is 4.98 Å². The highest BCUT2D eigenvalue weighted by Crippen LogP contribution is 2.39. The van der Waals surface area contributed by atoms with Crippen molar-refractivity contribution in [3.8, 4) is 33.8 Å². The van der Waals surface area contributed by atoms with E-state index in [0.717, 1.165) is 45.1 Å². The van der Waals surface area contributed by atoms with Crippen LogP contribution in [-0.4, -0.2) is 10.9 Å². The van der Waals surface area contributed by atoms with Crippen molar-refractivity contribution in [1.29, 1.82) is 0 Å². The molecule has 4 nitrogen and oxygen atoms in total. The normalized spacial score (nSPS) is 12.7. The summed E-state index contributed by atoms with van der Waals surface area (Å²) in [6.07, 6.45) is 1.90. The summed E-state index contributed by atoms with van der Waals surface area (Å²) in [6.45, 7) is 0. The van der Waals surface area contributed by atoms with Gasteiger partial charge in [-0.2, -0.15) is 0 Å². The third kappa shape index (κ3) is 2.72. The molecular weight excluding hydrogens is 336 g/mol. The molecule has 0 unspecified atom stereocenters. The molecule has 0 radical (unpaired) electrons. The number of aromatic nitrogens is 1. The molecule has 0 aliphatic carbocycles. The van der Waals surface area contributed by atoms with E-state index in [2.05, 4.69) is 5.32 Å². The quantitative estimate of drug-likeness (QED) is 0.541. The number of carbonyl (C=O) groups excluding carboxylic acids is 1. The Kier molecular flexibility index (Phi) is 3.61. The highest BCUT2D eigenvalue weighted by Gasteiger charge is 2.25. The van der Waals surface area contributed by atoms with Crippen LogP contribution in [0.25, 0.3) is 33.8 Å². The van der Waals surface area contributed by atoms with Crippen molar-refractivity contribution >= 4 is 11.6 Å². The number of nitrogens with zero attached hydrogens (tertiary/aromatic N) is 1. The number of fused-ring (bicyclic) bond motifs is 3. The lowest BCUT2D eigenvalue weighted by molar-refractivity contribution is -0.115. The third-order valence-corrected chi connectivity index (χ3v) is 4.77. The number of rotatable bonds is 2. The molecular formula is C23H16N2O2. The fraction of sp³-hybridized carbons (Fsp3) is 0.0435. The van der Waals surface area contributed by atoms with Crippen LogP contribution in [0.15, 0.2) is 83.5 Å². The fourth-order valence-electron chi connectivity index (χ4n) is 3.54. The SMILES string of the molecule is O=C1Cc2c(-c3ccco3)cc(-c3ccccc3)nc2-c2ccccc2N1. The van der Waals surface area contributed by atoms with E-state index in [1.54, 1.807) is 6.26 Å². The number of hydrogen-bond donors (Lipinski definition) is 1. The Hall–Kier alpha value is -3.66. The highest BCUT2D eigenvalue weighted by atomic mass is 16.3. The second kappa shape index (κ2) is 6.25. The number of amides is 1. The fourth-order valence-corrected chi connectivity index (χ4v) is 3.54. The second-order valence-corrected chi connectivity index (χ2v) is 6.50. The third-order valence-electron chi connectivity index (χ3n) is 4.77. The van der Waals surface area contributed by atoms with E-state index >= 15 is 0 Å². The first-order chi connectivity index (χ1) is 13.3. The number of hydrogen-bond acceptors (Lipinski definition) is 3.